The number of halogens is 2. The third-order valence-electron chi connectivity index (χ3n) is 1.42. The molecule has 0 aromatic carbocycles. The van der Waals surface area contributed by atoms with Gasteiger partial charge in [-0.3, -0.25) is 0 Å². The normalized spacial score (nSPS) is 12.8. The maximum atomic E-state index is 11.6. The van der Waals surface area contributed by atoms with Gasteiger partial charge in [0.1, 0.15) is 0 Å². The zero-order valence-electron chi connectivity index (χ0n) is 6.53. The van der Waals surface area contributed by atoms with Gasteiger partial charge in [0, 0.05) is 0 Å². The lowest BCUT2D eigenvalue weighted by Crippen LogP contribution is -1.88. The predicted octanol–water partition coefficient (Wildman–Crippen LogP) is 3.59. The van der Waals surface area contributed by atoms with Crippen molar-refractivity contribution in [2.45, 2.75) is 33.1 Å². The summed E-state index contributed by atoms with van der Waals surface area (Å²) in [6.07, 6.45) is 2.45. The van der Waals surface area contributed by atoms with Crippen LogP contribution < -0.4 is 0 Å². The van der Waals surface area contributed by atoms with Gasteiger partial charge in [-0.05, 0) is 18.4 Å². The lowest BCUT2D eigenvalue weighted by molar-refractivity contribution is 0.407. The number of hydrogen-bond donors (Lipinski definition) is 0. The summed E-state index contributed by atoms with van der Waals surface area (Å²) in [7, 11) is 0. The monoisotopic (exact) mass is 148 g/mol. The Bertz CT molecular complexity index is 104. The van der Waals surface area contributed by atoms with Crippen molar-refractivity contribution < 1.29 is 8.78 Å². The van der Waals surface area contributed by atoms with Crippen molar-refractivity contribution in [2.75, 3.05) is 0 Å². The van der Waals surface area contributed by atoms with Crippen LogP contribution in [0.3, 0.4) is 0 Å². The van der Waals surface area contributed by atoms with Gasteiger partial charge in [0.15, 0.2) is 0 Å². The van der Waals surface area contributed by atoms with Crippen LogP contribution in [0.1, 0.15) is 33.1 Å². The van der Waals surface area contributed by atoms with Gasteiger partial charge in [-0.1, -0.05) is 26.7 Å². The third-order valence-corrected chi connectivity index (χ3v) is 1.42. The summed E-state index contributed by atoms with van der Waals surface area (Å²) in [5.41, 5.74) is 0. The maximum absolute atomic E-state index is 11.6. The van der Waals surface area contributed by atoms with Gasteiger partial charge < -0.3 is 0 Å². The van der Waals surface area contributed by atoms with Gasteiger partial charge in [0.05, 0.1) is 0 Å². The first-order valence-corrected chi connectivity index (χ1v) is 3.69. The van der Waals surface area contributed by atoms with Crippen molar-refractivity contribution in [3.63, 3.8) is 0 Å². The van der Waals surface area contributed by atoms with Gasteiger partial charge in [0.25, 0.3) is 6.08 Å². The fraction of sp³-hybridized carbons (Fsp3) is 0.750. The van der Waals surface area contributed by atoms with Gasteiger partial charge >= 0.3 is 0 Å². The van der Waals surface area contributed by atoms with E-state index >= 15 is 0 Å². The molecule has 0 N–H and O–H groups in total. The largest absolute Gasteiger partial charge is 0.266 e. The molecule has 0 aliphatic heterocycles. The molecule has 0 aromatic rings. The number of hydrogen-bond acceptors (Lipinski definition) is 0. The van der Waals surface area contributed by atoms with Crippen molar-refractivity contribution in [3.8, 4) is 0 Å². The van der Waals surface area contributed by atoms with Crippen molar-refractivity contribution in [3.05, 3.63) is 12.2 Å². The zero-order valence-corrected chi connectivity index (χ0v) is 6.53. The number of unbranched alkanes of at least 4 members (excludes halogenated alkanes) is 1. The van der Waals surface area contributed by atoms with E-state index in [4.69, 9.17) is 0 Å². The molecule has 1 unspecified atom stereocenters. The highest BCUT2D eigenvalue weighted by Crippen LogP contribution is 2.12. The highest BCUT2D eigenvalue weighted by molar-refractivity contribution is 4.85. The molecule has 0 saturated heterocycles. The molecule has 60 valence electrons. The van der Waals surface area contributed by atoms with Crippen LogP contribution in [0.15, 0.2) is 12.2 Å². The van der Waals surface area contributed by atoms with Gasteiger partial charge in [-0.25, -0.2) is 0 Å². The lowest BCUT2D eigenvalue weighted by atomic mass is 10.1. The number of allylic oxidation sites excluding steroid dienone is 1. The quantitative estimate of drug-likeness (QED) is 0.571. The van der Waals surface area contributed by atoms with Crippen LogP contribution in [-0.2, 0) is 0 Å². The Hall–Kier alpha value is -0.400. The van der Waals surface area contributed by atoms with Gasteiger partial charge in [-0.15, -0.1) is 0 Å². The van der Waals surface area contributed by atoms with E-state index in [1.807, 2.05) is 6.92 Å². The molecule has 1 atom stereocenters. The topological polar surface area (TPSA) is 0 Å². The molecular weight excluding hydrogens is 134 g/mol. The minimum absolute atomic E-state index is 0.0324. The average molecular weight is 148 g/mol. The summed E-state index contributed by atoms with van der Waals surface area (Å²) in [5.74, 6) is 0.0324. The molecule has 0 amide bonds. The van der Waals surface area contributed by atoms with Crippen LogP contribution in [0, 0.1) is 5.92 Å². The first-order valence-electron chi connectivity index (χ1n) is 3.69. The molecule has 0 aliphatic carbocycles. The van der Waals surface area contributed by atoms with E-state index in [0.717, 1.165) is 25.3 Å². The molecule has 0 aromatic heterocycles. The van der Waals surface area contributed by atoms with Crippen molar-refractivity contribution in [2.24, 2.45) is 5.92 Å². The SMILES string of the molecule is CCCCC(C)C=C(F)F. The zero-order chi connectivity index (χ0) is 7.98. The molecule has 0 aliphatic rings. The predicted molar refractivity (Wildman–Crippen MR) is 39.0 cm³/mol. The van der Waals surface area contributed by atoms with E-state index in [1.165, 1.54) is 0 Å². The summed E-state index contributed by atoms with van der Waals surface area (Å²) in [6.45, 7) is 3.87. The second kappa shape index (κ2) is 5.39. The molecule has 0 bridgehead atoms. The van der Waals surface area contributed by atoms with Crippen LogP contribution in [0.2, 0.25) is 0 Å². The van der Waals surface area contributed by atoms with Crippen LogP contribution in [0.4, 0.5) is 8.78 Å². The first-order chi connectivity index (χ1) is 4.66. The molecule has 0 rings (SSSR count). The third kappa shape index (κ3) is 5.73. The van der Waals surface area contributed by atoms with E-state index in [9.17, 15) is 8.78 Å². The molecule has 0 radical (unpaired) electrons. The fourth-order valence-corrected chi connectivity index (χ4v) is 0.825. The Balaban J connectivity index is 3.43. The van der Waals surface area contributed by atoms with Crippen molar-refractivity contribution in [1.82, 2.24) is 0 Å². The second-order valence-corrected chi connectivity index (χ2v) is 2.58. The summed E-state index contributed by atoms with van der Waals surface area (Å²) in [4.78, 5) is 0. The second-order valence-electron chi connectivity index (χ2n) is 2.58. The first kappa shape index (κ1) is 9.60. The van der Waals surface area contributed by atoms with Gasteiger partial charge in [-0.2, -0.15) is 8.78 Å². The molecule has 0 spiro atoms. The summed E-state index contributed by atoms with van der Waals surface area (Å²) >= 11 is 0. The Morgan fingerprint density at radius 3 is 2.50 bits per heavy atom. The van der Waals surface area contributed by atoms with E-state index in [2.05, 4.69) is 6.92 Å². The van der Waals surface area contributed by atoms with E-state index in [-0.39, 0.29) is 5.92 Å². The lowest BCUT2D eigenvalue weighted by Gasteiger charge is -2.01. The Morgan fingerprint density at radius 2 is 2.10 bits per heavy atom. The van der Waals surface area contributed by atoms with Crippen LogP contribution >= 0.6 is 0 Å². The average Bonchev–Trinajstić information content (AvgIpc) is 1.82. The van der Waals surface area contributed by atoms with E-state index in [1.54, 1.807) is 0 Å². The Kier molecular flexibility index (Phi) is 5.17. The van der Waals surface area contributed by atoms with Gasteiger partial charge in [0.2, 0.25) is 0 Å². The molecule has 0 saturated carbocycles. The summed E-state index contributed by atoms with van der Waals surface area (Å²) in [6, 6.07) is 0. The maximum Gasteiger partial charge on any atom is 0.266 e. The standard InChI is InChI=1S/C8H14F2/c1-3-4-5-7(2)6-8(9)10/h6-7H,3-5H2,1-2H3. The van der Waals surface area contributed by atoms with E-state index in [0.29, 0.717) is 0 Å². The van der Waals surface area contributed by atoms with Crippen LogP contribution in [0.5, 0.6) is 0 Å². The van der Waals surface area contributed by atoms with Crippen LogP contribution in [-0.4, -0.2) is 0 Å². The highest BCUT2D eigenvalue weighted by Gasteiger charge is 1.98. The van der Waals surface area contributed by atoms with Crippen molar-refractivity contribution in [1.29, 1.82) is 0 Å². The smallest absolute Gasteiger partial charge is 0.174 e. The van der Waals surface area contributed by atoms with Crippen molar-refractivity contribution >= 4 is 0 Å². The molecule has 2 heteroatoms. The van der Waals surface area contributed by atoms with E-state index < -0.39 is 6.08 Å². The van der Waals surface area contributed by atoms with Crippen LogP contribution in [0.25, 0.3) is 0 Å². The molecule has 0 fully saturated rings. The fourth-order valence-electron chi connectivity index (χ4n) is 0.825. The molecule has 0 heterocycles. The molecule has 0 nitrogen and oxygen atoms in total. The Morgan fingerprint density at radius 1 is 1.50 bits per heavy atom. The number of rotatable bonds is 4. The highest BCUT2D eigenvalue weighted by atomic mass is 19.3. The molecule has 10 heavy (non-hydrogen) atoms. The minimum Gasteiger partial charge on any atom is -0.174 e. The summed E-state index contributed by atoms with van der Waals surface area (Å²) < 4.78 is 23.1. The molecular formula is C8H14F2. The Labute approximate surface area is 60.9 Å². The summed E-state index contributed by atoms with van der Waals surface area (Å²) in [5, 5.41) is 0. The minimum atomic E-state index is -1.55.